The van der Waals surface area contributed by atoms with Gasteiger partial charge in [0, 0.05) is 44.7 Å². The van der Waals surface area contributed by atoms with E-state index in [2.05, 4.69) is 32.2 Å². The fraction of sp³-hybridized carbons (Fsp3) is 0.700. The molecule has 0 spiro atoms. The first-order valence-corrected chi connectivity index (χ1v) is 10.00. The Bertz CT molecular complexity index is 546. The monoisotopic (exact) mass is 360 g/mol. The molecule has 2 fully saturated rings. The summed E-state index contributed by atoms with van der Waals surface area (Å²) < 4.78 is 0. The van der Waals surface area contributed by atoms with E-state index in [1.807, 2.05) is 12.4 Å². The lowest BCUT2D eigenvalue weighted by molar-refractivity contribution is -0.127. The van der Waals surface area contributed by atoms with Crippen LogP contribution >= 0.6 is 0 Å². The molecule has 2 N–H and O–H groups in total. The number of rotatable bonds is 7. The van der Waals surface area contributed by atoms with Gasteiger partial charge in [0.1, 0.15) is 0 Å². The predicted octanol–water partition coefficient (Wildman–Crippen LogP) is 1.26. The highest BCUT2D eigenvalue weighted by molar-refractivity contribution is 5.78. The summed E-state index contributed by atoms with van der Waals surface area (Å²) in [7, 11) is 0. The Morgan fingerprint density at radius 2 is 1.96 bits per heavy atom. The summed E-state index contributed by atoms with van der Waals surface area (Å²) in [6, 6.07) is 4.80. The van der Waals surface area contributed by atoms with Crippen molar-refractivity contribution in [2.45, 2.75) is 44.7 Å². The molecule has 0 radical (unpaired) electrons. The van der Waals surface area contributed by atoms with Crippen LogP contribution in [0.5, 0.6) is 0 Å². The van der Waals surface area contributed by atoms with E-state index >= 15 is 0 Å². The first-order chi connectivity index (χ1) is 12.8. The number of nitrogens with zero attached hydrogens (tertiary/aromatic N) is 3. The predicted molar refractivity (Wildman–Crippen MR) is 102 cm³/mol. The van der Waals surface area contributed by atoms with Crippen LogP contribution in [-0.2, 0) is 11.3 Å². The van der Waals surface area contributed by atoms with E-state index in [1.165, 1.54) is 18.4 Å². The summed E-state index contributed by atoms with van der Waals surface area (Å²) in [4.78, 5) is 21.5. The van der Waals surface area contributed by atoms with E-state index in [4.69, 9.17) is 5.11 Å². The van der Waals surface area contributed by atoms with Crippen molar-refractivity contribution in [1.82, 2.24) is 20.1 Å². The fourth-order valence-electron chi connectivity index (χ4n) is 4.18. The quantitative estimate of drug-likeness (QED) is 0.717. The van der Waals surface area contributed by atoms with Gasteiger partial charge in [-0.25, -0.2) is 0 Å². The van der Waals surface area contributed by atoms with Crippen LogP contribution in [0.4, 0.5) is 0 Å². The number of nitrogens with one attached hydrogen (secondary N) is 1. The summed E-state index contributed by atoms with van der Waals surface area (Å²) in [6.07, 6.45) is 8.83. The summed E-state index contributed by atoms with van der Waals surface area (Å²) in [5.74, 6) is 0.274. The highest BCUT2D eigenvalue weighted by Crippen LogP contribution is 2.24. The van der Waals surface area contributed by atoms with Gasteiger partial charge < -0.3 is 10.4 Å². The normalized spacial score (nSPS) is 23.0. The first kappa shape index (κ1) is 19.3. The Morgan fingerprint density at radius 1 is 1.19 bits per heavy atom. The highest BCUT2D eigenvalue weighted by Gasteiger charge is 2.31. The Labute approximate surface area is 156 Å². The van der Waals surface area contributed by atoms with Crippen LogP contribution in [0.25, 0.3) is 0 Å². The molecule has 26 heavy (non-hydrogen) atoms. The van der Waals surface area contributed by atoms with Gasteiger partial charge in [0.25, 0.3) is 0 Å². The van der Waals surface area contributed by atoms with Gasteiger partial charge in [0.2, 0.25) is 5.91 Å². The molecular weight excluding hydrogens is 328 g/mol. The number of hydrogen-bond donors (Lipinski definition) is 2. The van der Waals surface area contributed by atoms with Crippen molar-refractivity contribution >= 4 is 5.91 Å². The molecular formula is C20H32N4O2. The van der Waals surface area contributed by atoms with Crippen LogP contribution in [0, 0.1) is 5.92 Å². The molecule has 0 unspecified atom stereocenters. The molecule has 2 saturated heterocycles. The molecule has 0 saturated carbocycles. The van der Waals surface area contributed by atoms with Crippen LogP contribution in [0.1, 0.15) is 37.7 Å². The molecule has 0 aromatic carbocycles. The number of aliphatic hydroxyl groups excluding tert-OH is 1. The Balaban J connectivity index is 1.43. The number of aromatic nitrogens is 1. The smallest absolute Gasteiger partial charge is 0.224 e. The van der Waals surface area contributed by atoms with Gasteiger partial charge in [-0.15, -0.1) is 0 Å². The van der Waals surface area contributed by atoms with Crippen molar-refractivity contribution in [2.75, 3.05) is 39.3 Å². The molecule has 6 heteroatoms. The summed E-state index contributed by atoms with van der Waals surface area (Å²) >= 11 is 0. The molecule has 2 aliphatic rings. The van der Waals surface area contributed by atoms with Crippen molar-refractivity contribution in [1.29, 1.82) is 0 Å². The SMILES string of the molecule is O=C(NCCCO)[C@@H]1CCCN(C2CCN(Cc3ccncc3)CC2)C1. The lowest BCUT2D eigenvalue weighted by Crippen LogP contribution is -2.50. The molecule has 1 amide bonds. The highest BCUT2D eigenvalue weighted by atomic mass is 16.3. The zero-order chi connectivity index (χ0) is 18.2. The number of piperidine rings is 2. The zero-order valence-electron chi connectivity index (χ0n) is 15.6. The summed E-state index contributed by atoms with van der Waals surface area (Å²) in [5.41, 5.74) is 1.33. The number of carbonyl (C=O) groups is 1. The van der Waals surface area contributed by atoms with Crippen molar-refractivity contribution in [3.05, 3.63) is 30.1 Å². The molecule has 0 aliphatic carbocycles. The van der Waals surface area contributed by atoms with Gasteiger partial charge in [-0.1, -0.05) is 0 Å². The number of hydrogen-bond acceptors (Lipinski definition) is 5. The minimum absolute atomic E-state index is 0.109. The van der Waals surface area contributed by atoms with E-state index in [9.17, 15) is 4.79 Å². The van der Waals surface area contributed by atoms with E-state index in [1.54, 1.807) is 0 Å². The molecule has 3 heterocycles. The third kappa shape index (κ3) is 5.50. The molecule has 1 atom stereocenters. The van der Waals surface area contributed by atoms with Gasteiger partial charge in [0.05, 0.1) is 5.92 Å². The zero-order valence-corrected chi connectivity index (χ0v) is 15.6. The number of aliphatic hydroxyl groups is 1. The molecule has 2 aliphatic heterocycles. The minimum atomic E-state index is 0.109. The van der Waals surface area contributed by atoms with Crippen molar-refractivity contribution in [2.24, 2.45) is 5.92 Å². The second-order valence-electron chi connectivity index (χ2n) is 7.57. The Morgan fingerprint density at radius 3 is 2.69 bits per heavy atom. The maximum Gasteiger partial charge on any atom is 0.224 e. The Hall–Kier alpha value is -1.50. The number of pyridine rings is 1. The number of carbonyl (C=O) groups excluding carboxylic acids is 1. The number of likely N-dealkylation sites (tertiary alicyclic amines) is 2. The van der Waals surface area contributed by atoms with Gasteiger partial charge in [-0.05, 0) is 69.4 Å². The lowest BCUT2D eigenvalue weighted by atomic mass is 9.93. The van der Waals surface area contributed by atoms with Crippen LogP contribution in [0.15, 0.2) is 24.5 Å². The molecule has 0 bridgehead atoms. The maximum atomic E-state index is 12.3. The standard InChI is InChI=1S/C20H32N4O2/c25-14-2-8-22-20(26)18-3-1-11-24(16-18)19-6-12-23(13-7-19)15-17-4-9-21-10-5-17/h4-5,9-10,18-19,25H,1-3,6-8,11-16H2,(H,22,26)/t18-/m1/s1. The lowest BCUT2D eigenvalue weighted by Gasteiger charge is -2.42. The third-order valence-electron chi connectivity index (χ3n) is 5.69. The molecule has 6 nitrogen and oxygen atoms in total. The van der Waals surface area contributed by atoms with Gasteiger partial charge >= 0.3 is 0 Å². The van der Waals surface area contributed by atoms with Crippen LogP contribution < -0.4 is 5.32 Å². The average Bonchev–Trinajstić information content (AvgIpc) is 2.69. The van der Waals surface area contributed by atoms with E-state index in [0.717, 1.165) is 45.6 Å². The van der Waals surface area contributed by atoms with Gasteiger partial charge in [-0.2, -0.15) is 0 Å². The van der Waals surface area contributed by atoms with Gasteiger partial charge in [-0.3, -0.25) is 19.6 Å². The topological polar surface area (TPSA) is 68.7 Å². The molecule has 1 aromatic heterocycles. The summed E-state index contributed by atoms with van der Waals surface area (Å²) in [5, 5.41) is 11.8. The van der Waals surface area contributed by atoms with E-state index < -0.39 is 0 Å². The molecule has 1 aromatic rings. The van der Waals surface area contributed by atoms with Crippen molar-refractivity contribution in [3.8, 4) is 0 Å². The van der Waals surface area contributed by atoms with E-state index in [-0.39, 0.29) is 18.4 Å². The second-order valence-corrected chi connectivity index (χ2v) is 7.57. The maximum absolute atomic E-state index is 12.3. The largest absolute Gasteiger partial charge is 0.396 e. The second kappa shape index (κ2) is 10.00. The average molecular weight is 361 g/mol. The van der Waals surface area contributed by atoms with Crippen LogP contribution in [-0.4, -0.2) is 71.2 Å². The minimum Gasteiger partial charge on any atom is -0.396 e. The molecule has 3 rings (SSSR count). The number of amides is 1. The first-order valence-electron chi connectivity index (χ1n) is 10.00. The van der Waals surface area contributed by atoms with E-state index in [0.29, 0.717) is 19.0 Å². The fourth-order valence-corrected chi connectivity index (χ4v) is 4.18. The van der Waals surface area contributed by atoms with Gasteiger partial charge in [0.15, 0.2) is 0 Å². The van der Waals surface area contributed by atoms with Crippen LogP contribution in [0.2, 0.25) is 0 Å². The third-order valence-corrected chi connectivity index (χ3v) is 5.69. The summed E-state index contributed by atoms with van der Waals surface area (Å²) in [6.45, 7) is 5.97. The molecule has 144 valence electrons. The Kier molecular flexibility index (Phi) is 7.41. The van der Waals surface area contributed by atoms with Crippen LogP contribution in [0.3, 0.4) is 0 Å². The van der Waals surface area contributed by atoms with Crippen molar-refractivity contribution in [3.63, 3.8) is 0 Å². The van der Waals surface area contributed by atoms with Crippen molar-refractivity contribution < 1.29 is 9.90 Å².